The molecule has 0 spiro atoms. The molecule has 1 N–H and O–H groups in total. The van der Waals surface area contributed by atoms with Crippen molar-refractivity contribution in [2.45, 2.75) is 6.92 Å². The van der Waals surface area contributed by atoms with E-state index in [0.717, 1.165) is 27.3 Å². The van der Waals surface area contributed by atoms with Crippen LogP contribution in [0.4, 0.5) is 5.69 Å². The van der Waals surface area contributed by atoms with Crippen LogP contribution in [0, 0.1) is 6.92 Å². The number of aromatic nitrogens is 2. The molecule has 0 bridgehead atoms. The van der Waals surface area contributed by atoms with E-state index in [1.807, 2.05) is 71.6 Å². The van der Waals surface area contributed by atoms with Crippen LogP contribution in [0.2, 0.25) is 0 Å². The van der Waals surface area contributed by atoms with E-state index < -0.39 is 0 Å². The molecule has 0 aliphatic rings. The molecule has 0 aliphatic heterocycles. The van der Waals surface area contributed by atoms with Crippen molar-refractivity contribution in [3.05, 3.63) is 76.8 Å². The van der Waals surface area contributed by atoms with E-state index in [1.54, 1.807) is 24.5 Å². The molecule has 4 aromatic rings. The number of imidazole rings is 1. The Balaban J connectivity index is 1.62. The number of hydrogen-bond donors (Lipinski definition) is 1. The molecule has 1 aromatic carbocycles. The highest BCUT2D eigenvalue weighted by Crippen LogP contribution is 2.30. The SMILES string of the molecule is COc1ccc(-c2cn3ccc(C)cc3n2)cc1NC(=O)/C=C/c1cccs1. The number of nitrogens with one attached hydrogen (secondary N) is 1. The zero-order chi connectivity index (χ0) is 19.5. The van der Waals surface area contributed by atoms with Gasteiger partial charge in [0.25, 0.3) is 0 Å². The Morgan fingerprint density at radius 3 is 2.93 bits per heavy atom. The molecular weight excluding hydrogens is 370 g/mol. The summed E-state index contributed by atoms with van der Waals surface area (Å²) in [5.74, 6) is 0.385. The standard InChI is InChI=1S/C22H19N3O2S/c1-15-9-10-25-14-19(23-21(25)12-15)16-5-7-20(27-2)18(13-16)24-22(26)8-6-17-4-3-11-28-17/h3-14H,1-2H3,(H,24,26)/b8-6+. The largest absolute Gasteiger partial charge is 0.495 e. The predicted octanol–water partition coefficient (Wildman–Crippen LogP) is 5.03. The number of amides is 1. The van der Waals surface area contributed by atoms with Crippen molar-refractivity contribution >= 4 is 34.7 Å². The summed E-state index contributed by atoms with van der Waals surface area (Å²) in [6.07, 6.45) is 7.27. The van der Waals surface area contributed by atoms with Gasteiger partial charge in [-0.05, 0) is 60.3 Å². The van der Waals surface area contributed by atoms with Gasteiger partial charge in [-0.2, -0.15) is 0 Å². The number of carbonyl (C=O) groups excluding carboxylic acids is 1. The lowest BCUT2D eigenvalue weighted by atomic mass is 10.1. The van der Waals surface area contributed by atoms with Gasteiger partial charge in [-0.3, -0.25) is 4.79 Å². The topological polar surface area (TPSA) is 55.6 Å². The van der Waals surface area contributed by atoms with Crippen LogP contribution in [-0.4, -0.2) is 22.4 Å². The number of pyridine rings is 1. The van der Waals surface area contributed by atoms with E-state index in [0.29, 0.717) is 11.4 Å². The quantitative estimate of drug-likeness (QED) is 0.487. The van der Waals surface area contributed by atoms with Crippen molar-refractivity contribution in [2.24, 2.45) is 0 Å². The van der Waals surface area contributed by atoms with Crippen LogP contribution in [0.15, 0.2) is 66.3 Å². The molecule has 1 amide bonds. The Morgan fingerprint density at radius 1 is 1.25 bits per heavy atom. The number of methoxy groups -OCH3 is 1. The van der Waals surface area contributed by atoms with Gasteiger partial charge in [-0.25, -0.2) is 4.98 Å². The summed E-state index contributed by atoms with van der Waals surface area (Å²) in [6.45, 7) is 2.04. The van der Waals surface area contributed by atoms with Crippen molar-refractivity contribution < 1.29 is 9.53 Å². The molecule has 3 heterocycles. The summed E-state index contributed by atoms with van der Waals surface area (Å²) in [7, 11) is 1.58. The zero-order valence-corrected chi connectivity index (χ0v) is 16.4. The number of nitrogens with zero attached hydrogens (tertiary/aromatic N) is 2. The third-order valence-corrected chi connectivity index (χ3v) is 5.15. The van der Waals surface area contributed by atoms with Crippen LogP contribution in [0.1, 0.15) is 10.4 Å². The monoisotopic (exact) mass is 389 g/mol. The summed E-state index contributed by atoms with van der Waals surface area (Å²) in [6, 6.07) is 13.6. The normalized spacial score (nSPS) is 11.2. The van der Waals surface area contributed by atoms with Gasteiger partial charge in [-0.1, -0.05) is 6.07 Å². The van der Waals surface area contributed by atoms with E-state index in [1.165, 1.54) is 6.08 Å². The van der Waals surface area contributed by atoms with Gasteiger partial charge < -0.3 is 14.5 Å². The first kappa shape index (κ1) is 18.0. The summed E-state index contributed by atoms with van der Waals surface area (Å²) in [5, 5.41) is 4.87. The van der Waals surface area contributed by atoms with Gasteiger partial charge in [0.05, 0.1) is 18.5 Å². The maximum absolute atomic E-state index is 12.3. The third-order valence-electron chi connectivity index (χ3n) is 4.31. The van der Waals surface area contributed by atoms with Crippen LogP contribution in [-0.2, 0) is 4.79 Å². The number of ether oxygens (including phenoxy) is 1. The van der Waals surface area contributed by atoms with E-state index in [-0.39, 0.29) is 5.91 Å². The number of benzene rings is 1. The molecular formula is C22H19N3O2S. The minimum Gasteiger partial charge on any atom is -0.495 e. The van der Waals surface area contributed by atoms with Gasteiger partial charge in [0.15, 0.2) is 0 Å². The molecule has 6 heteroatoms. The first-order valence-corrected chi connectivity index (χ1v) is 9.67. The molecule has 0 saturated carbocycles. The van der Waals surface area contributed by atoms with Gasteiger partial charge >= 0.3 is 0 Å². The predicted molar refractivity (Wildman–Crippen MR) is 114 cm³/mol. The van der Waals surface area contributed by atoms with Gasteiger partial charge in [0.2, 0.25) is 5.91 Å². The molecule has 0 atom stereocenters. The maximum atomic E-state index is 12.3. The van der Waals surface area contributed by atoms with Crippen LogP contribution >= 0.6 is 11.3 Å². The fourth-order valence-electron chi connectivity index (χ4n) is 2.91. The number of aryl methyl sites for hydroxylation is 1. The molecule has 0 radical (unpaired) electrons. The summed E-state index contributed by atoms with van der Waals surface area (Å²) < 4.78 is 7.38. The Labute approximate surface area is 166 Å². The molecule has 0 saturated heterocycles. The lowest BCUT2D eigenvalue weighted by molar-refractivity contribution is -0.111. The smallest absolute Gasteiger partial charge is 0.248 e. The second-order valence-electron chi connectivity index (χ2n) is 6.35. The molecule has 28 heavy (non-hydrogen) atoms. The van der Waals surface area contributed by atoms with Crippen molar-refractivity contribution in [1.82, 2.24) is 9.38 Å². The minimum atomic E-state index is -0.213. The Hall–Kier alpha value is -3.38. The minimum absolute atomic E-state index is 0.213. The Morgan fingerprint density at radius 2 is 2.14 bits per heavy atom. The van der Waals surface area contributed by atoms with E-state index in [9.17, 15) is 4.79 Å². The van der Waals surface area contributed by atoms with Gasteiger partial charge in [-0.15, -0.1) is 11.3 Å². The van der Waals surface area contributed by atoms with Crippen molar-refractivity contribution in [1.29, 1.82) is 0 Å². The number of fused-ring (bicyclic) bond motifs is 1. The lowest BCUT2D eigenvalue weighted by Gasteiger charge is -2.10. The van der Waals surface area contributed by atoms with Gasteiger partial charge in [0, 0.05) is 28.9 Å². The number of anilines is 1. The second kappa shape index (κ2) is 7.70. The molecule has 0 aliphatic carbocycles. The Bertz CT molecular complexity index is 1160. The lowest BCUT2D eigenvalue weighted by Crippen LogP contribution is -2.09. The van der Waals surface area contributed by atoms with E-state index in [4.69, 9.17) is 4.74 Å². The first-order valence-electron chi connectivity index (χ1n) is 8.79. The number of hydrogen-bond acceptors (Lipinski definition) is 4. The van der Waals surface area contributed by atoms with E-state index >= 15 is 0 Å². The molecule has 0 unspecified atom stereocenters. The summed E-state index contributed by atoms with van der Waals surface area (Å²) in [5.41, 5.74) is 4.38. The average molecular weight is 389 g/mol. The van der Waals surface area contributed by atoms with Crippen LogP contribution < -0.4 is 10.1 Å². The number of thiophene rings is 1. The molecule has 4 rings (SSSR count). The fraction of sp³-hybridized carbons (Fsp3) is 0.0909. The van der Waals surface area contributed by atoms with E-state index in [2.05, 4.69) is 10.3 Å². The fourth-order valence-corrected chi connectivity index (χ4v) is 3.52. The zero-order valence-electron chi connectivity index (χ0n) is 15.5. The highest BCUT2D eigenvalue weighted by atomic mass is 32.1. The summed E-state index contributed by atoms with van der Waals surface area (Å²) in [4.78, 5) is 18.0. The van der Waals surface area contributed by atoms with Crippen molar-refractivity contribution in [2.75, 3.05) is 12.4 Å². The average Bonchev–Trinajstić information content (AvgIpc) is 3.35. The van der Waals surface area contributed by atoms with Crippen molar-refractivity contribution in [3.63, 3.8) is 0 Å². The molecule has 140 valence electrons. The first-order chi connectivity index (χ1) is 13.6. The summed E-state index contributed by atoms with van der Waals surface area (Å²) >= 11 is 1.58. The van der Waals surface area contributed by atoms with Crippen LogP contribution in [0.25, 0.3) is 23.0 Å². The molecule has 5 nitrogen and oxygen atoms in total. The second-order valence-corrected chi connectivity index (χ2v) is 7.33. The van der Waals surface area contributed by atoms with Crippen molar-refractivity contribution in [3.8, 4) is 17.0 Å². The molecule has 0 fully saturated rings. The number of carbonyl (C=O) groups is 1. The highest BCUT2D eigenvalue weighted by Gasteiger charge is 2.11. The van der Waals surface area contributed by atoms with Crippen LogP contribution in [0.3, 0.4) is 0 Å². The Kier molecular flexibility index (Phi) is 4.95. The number of rotatable bonds is 5. The third kappa shape index (κ3) is 3.82. The van der Waals surface area contributed by atoms with Crippen LogP contribution in [0.5, 0.6) is 5.75 Å². The highest BCUT2D eigenvalue weighted by molar-refractivity contribution is 7.10. The van der Waals surface area contributed by atoms with Gasteiger partial charge in [0.1, 0.15) is 11.4 Å². The molecule has 3 aromatic heterocycles. The maximum Gasteiger partial charge on any atom is 0.248 e.